The lowest BCUT2D eigenvalue weighted by Crippen LogP contribution is -2.14. The largest absolute Gasteiger partial charge is 0.496 e. The van der Waals surface area contributed by atoms with E-state index in [1.54, 1.807) is 0 Å². The first-order valence-corrected chi connectivity index (χ1v) is 17.1. The Labute approximate surface area is 332 Å². The molecule has 0 aliphatic carbocycles. The van der Waals surface area contributed by atoms with Crippen LogP contribution in [0, 0.1) is 0 Å². The maximum absolute atomic E-state index is 13.2. The molecule has 0 spiro atoms. The number of anilines is 1. The van der Waals surface area contributed by atoms with E-state index in [2.05, 4.69) is 5.32 Å². The van der Waals surface area contributed by atoms with Gasteiger partial charge < -0.3 is 57.8 Å². The highest BCUT2D eigenvalue weighted by molar-refractivity contribution is 6.05. The van der Waals surface area contributed by atoms with Crippen LogP contribution in [0.15, 0.2) is 84.9 Å². The minimum Gasteiger partial charge on any atom is -0.496 e. The Morgan fingerprint density at radius 1 is 0.448 bits per heavy atom. The minimum absolute atomic E-state index is 0.0138. The van der Waals surface area contributed by atoms with Crippen LogP contribution in [0.3, 0.4) is 0 Å². The Morgan fingerprint density at radius 3 is 1.41 bits per heavy atom. The molecule has 0 aromatic heterocycles. The highest BCUT2D eigenvalue weighted by Crippen LogP contribution is 2.37. The van der Waals surface area contributed by atoms with Crippen LogP contribution >= 0.6 is 0 Å². The number of amides is 1. The lowest BCUT2D eigenvalue weighted by Gasteiger charge is -2.15. The van der Waals surface area contributed by atoms with Crippen molar-refractivity contribution in [3.8, 4) is 57.5 Å². The number of carbonyl (C=O) groups excluding carboxylic acids is 4. The summed E-state index contributed by atoms with van der Waals surface area (Å²) in [5, 5.41) is 12.3. The summed E-state index contributed by atoms with van der Waals surface area (Å²) in [6, 6.07) is 20.2. The Morgan fingerprint density at radius 2 is 0.897 bits per heavy atom. The monoisotopic (exact) mass is 797 g/mol. The van der Waals surface area contributed by atoms with Gasteiger partial charge in [0.15, 0.2) is 34.5 Å². The molecule has 5 aromatic rings. The van der Waals surface area contributed by atoms with Gasteiger partial charge in [-0.15, -0.1) is 0 Å². The van der Waals surface area contributed by atoms with Crippen molar-refractivity contribution in [2.75, 3.05) is 55.1 Å². The van der Waals surface area contributed by atoms with Crippen LogP contribution in [0.25, 0.3) is 0 Å². The van der Waals surface area contributed by atoms with E-state index in [-0.39, 0.29) is 74.9 Å². The molecular formula is C42H39NO15. The summed E-state index contributed by atoms with van der Waals surface area (Å²) in [4.78, 5) is 52.5. The first kappa shape index (κ1) is 41.7. The molecule has 5 aromatic carbocycles. The summed E-state index contributed by atoms with van der Waals surface area (Å²) in [7, 11) is 9.75. The van der Waals surface area contributed by atoms with Gasteiger partial charge >= 0.3 is 17.9 Å². The minimum atomic E-state index is -0.800. The maximum atomic E-state index is 13.2. The molecule has 0 unspecified atom stereocenters. The Balaban J connectivity index is 1.22. The van der Waals surface area contributed by atoms with E-state index < -0.39 is 23.8 Å². The summed E-state index contributed by atoms with van der Waals surface area (Å²) in [6.07, 6.45) is 0. The van der Waals surface area contributed by atoms with Crippen LogP contribution in [0.2, 0.25) is 0 Å². The van der Waals surface area contributed by atoms with Crippen molar-refractivity contribution < 1.29 is 71.7 Å². The highest BCUT2D eigenvalue weighted by atomic mass is 16.6. The number of hydrogen-bond donors (Lipinski definition) is 2. The molecule has 16 nitrogen and oxygen atoms in total. The van der Waals surface area contributed by atoms with Gasteiger partial charge in [-0.05, 0) is 72.8 Å². The number of benzene rings is 5. The molecule has 0 radical (unpaired) electrons. The molecule has 0 aliphatic heterocycles. The number of esters is 3. The number of aliphatic hydroxyl groups is 1. The number of carbonyl (C=O) groups is 4. The number of methoxy groups -OCH3 is 7. The molecule has 5 rings (SSSR count). The molecule has 2 N–H and O–H groups in total. The van der Waals surface area contributed by atoms with Gasteiger partial charge in [-0.1, -0.05) is 0 Å². The highest BCUT2D eigenvalue weighted by Gasteiger charge is 2.24. The molecule has 1 amide bonds. The van der Waals surface area contributed by atoms with Crippen molar-refractivity contribution in [1.29, 1.82) is 0 Å². The van der Waals surface area contributed by atoms with Crippen LogP contribution < -0.4 is 52.7 Å². The lowest BCUT2D eigenvalue weighted by molar-refractivity contribution is 0.0714. The molecule has 0 bridgehead atoms. The summed E-state index contributed by atoms with van der Waals surface area (Å²) in [5.74, 6) is -1.13. The van der Waals surface area contributed by atoms with Crippen LogP contribution in [0.1, 0.15) is 47.0 Å². The summed E-state index contributed by atoms with van der Waals surface area (Å²) >= 11 is 0. The fourth-order valence-corrected chi connectivity index (χ4v) is 5.49. The number of rotatable bonds is 16. The molecule has 58 heavy (non-hydrogen) atoms. The van der Waals surface area contributed by atoms with Gasteiger partial charge in [0.1, 0.15) is 34.1 Å². The number of nitrogens with one attached hydrogen (secondary N) is 1. The average molecular weight is 798 g/mol. The lowest BCUT2D eigenvalue weighted by atomic mass is 10.1. The molecular weight excluding hydrogens is 758 g/mol. The zero-order chi connectivity index (χ0) is 41.9. The van der Waals surface area contributed by atoms with Crippen LogP contribution in [0.5, 0.6) is 57.5 Å². The summed E-state index contributed by atoms with van der Waals surface area (Å²) in [6.45, 7) is -0.337. The van der Waals surface area contributed by atoms with Gasteiger partial charge in [0.05, 0.1) is 61.9 Å². The van der Waals surface area contributed by atoms with Crippen LogP contribution in [-0.4, -0.2) is 78.7 Å². The van der Waals surface area contributed by atoms with Gasteiger partial charge in [0.2, 0.25) is 0 Å². The van der Waals surface area contributed by atoms with E-state index in [0.717, 1.165) is 0 Å². The normalized spacial score (nSPS) is 10.4. The van der Waals surface area contributed by atoms with Crippen molar-refractivity contribution in [2.24, 2.45) is 0 Å². The fourth-order valence-electron chi connectivity index (χ4n) is 5.49. The van der Waals surface area contributed by atoms with Gasteiger partial charge in [0.25, 0.3) is 5.91 Å². The van der Waals surface area contributed by atoms with E-state index >= 15 is 0 Å². The molecule has 0 aliphatic rings. The quantitative estimate of drug-likeness (QED) is 0.0853. The second-order valence-electron chi connectivity index (χ2n) is 11.8. The van der Waals surface area contributed by atoms with E-state index in [1.807, 2.05) is 0 Å². The summed E-state index contributed by atoms with van der Waals surface area (Å²) in [5.41, 5.74) is 1.18. The van der Waals surface area contributed by atoms with Gasteiger partial charge in [-0.3, -0.25) is 4.79 Å². The SMILES string of the molecule is COc1cc(C(=O)Oc2ccc(C(=O)Oc3ccc(NC(=O)c4ccc(OC(=O)c5cc(OC)c(OC)cc5OC)c(OC)c4)cc3)cc2OC)c(OC)cc1CO. The molecule has 0 saturated carbocycles. The fraction of sp³-hybridized carbons (Fsp3) is 0.190. The summed E-state index contributed by atoms with van der Waals surface area (Å²) < 4.78 is 53.9. The third-order valence-corrected chi connectivity index (χ3v) is 8.47. The van der Waals surface area contributed by atoms with Gasteiger partial charge in [-0.25, -0.2) is 14.4 Å². The molecule has 0 heterocycles. The molecule has 0 fully saturated rings. The first-order chi connectivity index (χ1) is 28.0. The third kappa shape index (κ3) is 9.31. The number of ether oxygens (including phenoxy) is 10. The predicted octanol–water partition coefficient (Wildman–Crippen LogP) is 6.15. The topological polar surface area (TPSA) is 193 Å². The van der Waals surface area contributed by atoms with Crippen molar-refractivity contribution in [2.45, 2.75) is 6.61 Å². The molecule has 302 valence electrons. The zero-order valence-corrected chi connectivity index (χ0v) is 32.5. The van der Waals surface area contributed by atoms with E-state index in [1.165, 1.54) is 135 Å². The molecule has 0 atom stereocenters. The zero-order valence-electron chi connectivity index (χ0n) is 32.5. The Kier molecular flexibility index (Phi) is 13.6. The number of hydrogen-bond acceptors (Lipinski definition) is 15. The van der Waals surface area contributed by atoms with Crippen LogP contribution in [0.4, 0.5) is 5.69 Å². The van der Waals surface area contributed by atoms with E-state index in [9.17, 15) is 24.3 Å². The predicted molar refractivity (Wildman–Crippen MR) is 207 cm³/mol. The Bertz CT molecular complexity index is 2160. The van der Waals surface area contributed by atoms with Gasteiger partial charge in [0, 0.05) is 28.9 Å². The van der Waals surface area contributed by atoms with E-state index in [4.69, 9.17) is 47.4 Å². The number of aliphatic hydroxyl groups excluding tert-OH is 1. The van der Waals surface area contributed by atoms with Crippen molar-refractivity contribution in [1.82, 2.24) is 0 Å². The molecule has 16 heteroatoms. The Hall–Kier alpha value is -7.46. The van der Waals surface area contributed by atoms with E-state index in [0.29, 0.717) is 22.7 Å². The standard InChI is InChI=1S/C42H39NO15/c1-49-32-19-28(33(50-2)18-25(32)22-44)41(47)58-31-15-9-24(17-36(31)53-5)40(46)56-27-12-10-26(11-13-27)43-39(45)23-8-14-30(35(16-23)52-4)57-42(48)29-20-37(54-6)38(55-7)21-34(29)51-3/h8-21,44H,22H2,1-7H3,(H,43,45). The smallest absolute Gasteiger partial charge is 0.347 e. The van der Waals surface area contributed by atoms with Crippen LogP contribution in [-0.2, 0) is 6.61 Å². The third-order valence-electron chi connectivity index (χ3n) is 8.47. The second kappa shape index (κ2) is 18.9. The average Bonchev–Trinajstić information content (AvgIpc) is 3.25. The molecule has 0 saturated heterocycles. The first-order valence-electron chi connectivity index (χ1n) is 17.1. The second-order valence-corrected chi connectivity index (χ2v) is 11.8. The van der Waals surface area contributed by atoms with Crippen molar-refractivity contribution in [3.63, 3.8) is 0 Å². The van der Waals surface area contributed by atoms with Gasteiger partial charge in [-0.2, -0.15) is 0 Å². The van der Waals surface area contributed by atoms with Crippen molar-refractivity contribution >= 4 is 29.5 Å². The van der Waals surface area contributed by atoms with Crippen molar-refractivity contribution in [3.05, 3.63) is 113 Å². The maximum Gasteiger partial charge on any atom is 0.347 e.